The number of pyridine rings is 2. The van der Waals surface area contributed by atoms with Crippen molar-refractivity contribution in [3.8, 4) is 0 Å². The van der Waals surface area contributed by atoms with Crippen LogP contribution in [0.2, 0.25) is 0 Å². The van der Waals surface area contributed by atoms with Crippen LogP contribution in [0, 0.1) is 5.92 Å². The first-order chi connectivity index (χ1) is 12.4. The van der Waals surface area contributed by atoms with Crippen LogP contribution in [0.3, 0.4) is 0 Å². The normalized spacial score (nSPS) is 15.6. The molecule has 1 aliphatic rings. The molecule has 0 saturated carbocycles. The molecule has 6 nitrogen and oxygen atoms in total. The molecule has 0 spiro atoms. The summed E-state index contributed by atoms with van der Waals surface area (Å²) in [5.41, 5.74) is 1.86. The highest BCUT2D eigenvalue weighted by molar-refractivity contribution is 5.74. The minimum absolute atomic E-state index is 0.693. The Labute approximate surface area is 147 Å². The first-order valence-electron chi connectivity index (χ1n) is 8.82. The van der Waals surface area contributed by atoms with Gasteiger partial charge in [-0.3, -0.25) is 0 Å². The van der Waals surface area contributed by atoms with Crippen molar-refractivity contribution in [1.82, 2.24) is 25.3 Å². The average Bonchev–Trinajstić information content (AvgIpc) is 2.69. The van der Waals surface area contributed by atoms with Gasteiger partial charge < -0.3 is 10.2 Å². The lowest BCUT2D eigenvalue weighted by Crippen LogP contribution is -2.38. The van der Waals surface area contributed by atoms with Crippen molar-refractivity contribution in [2.75, 3.05) is 24.5 Å². The van der Waals surface area contributed by atoms with Gasteiger partial charge in [0.2, 0.25) is 5.95 Å². The molecule has 0 aromatic carbocycles. The molecule has 0 radical (unpaired) electrons. The maximum Gasteiger partial charge on any atom is 0.225 e. The molecule has 1 saturated heterocycles. The van der Waals surface area contributed by atoms with Crippen molar-refractivity contribution in [2.24, 2.45) is 5.92 Å². The van der Waals surface area contributed by atoms with Gasteiger partial charge in [0.05, 0.1) is 5.69 Å². The molecule has 3 aromatic rings. The van der Waals surface area contributed by atoms with Gasteiger partial charge in [0.1, 0.15) is 0 Å². The predicted molar refractivity (Wildman–Crippen MR) is 98.2 cm³/mol. The molecule has 1 fully saturated rings. The molecule has 6 heteroatoms. The second kappa shape index (κ2) is 7.53. The summed E-state index contributed by atoms with van der Waals surface area (Å²) in [6.07, 6.45) is 7.73. The standard InChI is InChI=1S/C19H22N6/c1-3-16-4-5-17(24-18(16)21-8-1)14-20-13-15-6-11-25(12-7-15)19-22-9-2-10-23-19/h1-5,8-10,15,20H,6-7,11-14H2. The van der Waals surface area contributed by atoms with E-state index >= 15 is 0 Å². The SMILES string of the molecule is c1cnc(N2CCC(CNCc3ccc4cccnc4n3)CC2)nc1. The number of nitrogens with one attached hydrogen (secondary N) is 1. The lowest BCUT2D eigenvalue weighted by Gasteiger charge is -2.32. The highest BCUT2D eigenvalue weighted by Gasteiger charge is 2.20. The van der Waals surface area contributed by atoms with Crippen molar-refractivity contribution in [3.05, 3.63) is 54.6 Å². The Hall–Kier alpha value is -2.60. The van der Waals surface area contributed by atoms with Gasteiger partial charge >= 0.3 is 0 Å². The highest BCUT2D eigenvalue weighted by Crippen LogP contribution is 2.19. The Morgan fingerprint density at radius 3 is 2.60 bits per heavy atom. The fourth-order valence-corrected chi connectivity index (χ4v) is 3.29. The van der Waals surface area contributed by atoms with Crippen LogP contribution in [-0.4, -0.2) is 39.6 Å². The van der Waals surface area contributed by atoms with E-state index in [0.717, 1.165) is 61.7 Å². The summed E-state index contributed by atoms with van der Waals surface area (Å²) in [6, 6.07) is 10.00. The van der Waals surface area contributed by atoms with E-state index in [1.54, 1.807) is 18.6 Å². The molecule has 1 N–H and O–H groups in total. The minimum Gasteiger partial charge on any atom is -0.341 e. The molecule has 1 aliphatic heterocycles. The Morgan fingerprint density at radius 2 is 1.76 bits per heavy atom. The van der Waals surface area contributed by atoms with Crippen molar-refractivity contribution in [1.29, 1.82) is 0 Å². The summed E-state index contributed by atoms with van der Waals surface area (Å²) in [7, 11) is 0. The van der Waals surface area contributed by atoms with Gasteiger partial charge in [0.25, 0.3) is 0 Å². The van der Waals surface area contributed by atoms with Crippen molar-refractivity contribution in [3.63, 3.8) is 0 Å². The number of aromatic nitrogens is 4. The molecule has 4 heterocycles. The van der Waals surface area contributed by atoms with Crippen LogP contribution in [0.4, 0.5) is 5.95 Å². The quantitative estimate of drug-likeness (QED) is 0.773. The van der Waals surface area contributed by atoms with E-state index in [0.29, 0.717) is 5.92 Å². The Balaban J connectivity index is 1.25. The highest BCUT2D eigenvalue weighted by atomic mass is 15.2. The third kappa shape index (κ3) is 3.91. The van der Waals surface area contributed by atoms with Gasteiger partial charge in [-0.15, -0.1) is 0 Å². The summed E-state index contributed by atoms with van der Waals surface area (Å²) in [5, 5.41) is 4.64. The van der Waals surface area contributed by atoms with E-state index in [-0.39, 0.29) is 0 Å². The van der Waals surface area contributed by atoms with E-state index in [9.17, 15) is 0 Å². The minimum atomic E-state index is 0.693. The molecular formula is C19H22N6. The molecule has 0 unspecified atom stereocenters. The first-order valence-corrected chi connectivity index (χ1v) is 8.82. The van der Waals surface area contributed by atoms with E-state index in [1.807, 2.05) is 18.2 Å². The van der Waals surface area contributed by atoms with Gasteiger partial charge in [0, 0.05) is 43.6 Å². The zero-order valence-corrected chi connectivity index (χ0v) is 14.2. The van der Waals surface area contributed by atoms with Crippen LogP contribution in [0.25, 0.3) is 11.0 Å². The van der Waals surface area contributed by atoms with E-state index < -0.39 is 0 Å². The molecule has 3 aromatic heterocycles. The first kappa shape index (κ1) is 15.9. The van der Waals surface area contributed by atoms with Gasteiger partial charge in [-0.25, -0.2) is 19.9 Å². The fourth-order valence-electron chi connectivity index (χ4n) is 3.29. The Kier molecular flexibility index (Phi) is 4.79. The second-order valence-corrected chi connectivity index (χ2v) is 6.46. The molecule has 0 bridgehead atoms. The third-order valence-corrected chi connectivity index (χ3v) is 4.71. The number of anilines is 1. The maximum atomic E-state index is 4.61. The monoisotopic (exact) mass is 334 g/mol. The zero-order valence-electron chi connectivity index (χ0n) is 14.2. The molecule has 128 valence electrons. The Morgan fingerprint density at radius 1 is 0.960 bits per heavy atom. The van der Waals surface area contributed by atoms with Crippen LogP contribution in [0.5, 0.6) is 0 Å². The molecule has 0 aliphatic carbocycles. The number of nitrogens with zero attached hydrogens (tertiary/aromatic N) is 5. The van der Waals surface area contributed by atoms with E-state index in [2.05, 4.69) is 42.3 Å². The smallest absolute Gasteiger partial charge is 0.225 e. The Bertz CT molecular complexity index is 814. The van der Waals surface area contributed by atoms with Gasteiger partial charge in [-0.2, -0.15) is 0 Å². The van der Waals surface area contributed by atoms with E-state index in [4.69, 9.17) is 0 Å². The lowest BCUT2D eigenvalue weighted by atomic mass is 9.97. The molecule has 0 atom stereocenters. The summed E-state index contributed by atoms with van der Waals surface area (Å²) < 4.78 is 0. The third-order valence-electron chi connectivity index (χ3n) is 4.71. The van der Waals surface area contributed by atoms with Gasteiger partial charge in [0.15, 0.2) is 5.65 Å². The van der Waals surface area contributed by atoms with Crippen LogP contribution in [0.1, 0.15) is 18.5 Å². The number of fused-ring (bicyclic) bond motifs is 1. The number of rotatable bonds is 5. The topological polar surface area (TPSA) is 66.8 Å². The predicted octanol–water partition coefficient (Wildman–Crippen LogP) is 2.43. The van der Waals surface area contributed by atoms with Gasteiger partial charge in [-0.1, -0.05) is 0 Å². The second-order valence-electron chi connectivity index (χ2n) is 6.46. The molecule has 0 amide bonds. The van der Waals surface area contributed by atoms with Crippen LogP contribution in [0.15, 0.2) is 48.9 Å². The summed E-state index contributed by atoms with van der Waals surface area (Å²) in [4.78, 5) is 19.9. The maximum absolute atomic E-state index is 4.61. The number of piperidine rings is 1. The fraction of sp³-hybridized carbons (Fsp3) is 0.368. The van der Waals surface area contributed by atoms with Crippen LogP contribution >= 0.6 is 0 Å². The van der Waals surface area contributed by atoms with Crippen molar-refractivity contribution < 1.29 is 0 Å². The average molecular weight is 334 g/mol. The van der Waals surface area contributed by atoms with Crippen molar-refractivity contribution >= 4 is 17.0 Å². The molecular weight excluding hydrogens is 312 g/mol. The van der Waals surface area contributed by atoms with Crippen molar-refractivity contribution in [2.45, 2.75) is 19.4 Å². The van der Waals surface area contributed by atoms with Crippen LogP contribution in [-0.2, 0) is 6.54 Å². The zero-order chi connectivity index (χ0) is 16.9. The van der Waals surface area contributed by atoms with E-state index in [1.165, 1.54) is 0 Å². The van der Waals surface area contributed by atoms with Gasteiger partial charge in [-0.05, 0) is 55.6 Å². The summed E-state index contributed by atoms with van der Waals surface area (Å²) >= 11 is 0. The number of hydrogen-bond acceptors (Lipinski definition) is 6. The summed E-state index contributed by atoms with van der Waals surface area (Å²) in [5.74, 6) is 1.54. The molecule has 4 rings (SSSR count). The lowest BCUT2D eigenvalue weighted by molar-refractivity contribution is 0.379. The molecule has 25 heavy (non-hydrogen) atoms. The summed E-state index contributed by atoms with van der Waals surface area (Å²) in [6.45, 7) is 3.85. The number of hydrogen-bond donors (Lipinski definition) is 1. The van der Waals surface area contributed by atoms with Crippen LogP contribution < -0.4 is 10.2 Å². The largest absolute Gasteiger partial charge is 0.341 e.